The molecule has 0 radical (unpaired) electrons. The van der Waals surface area contributed by atoms with Gasteiger partial charge < -0.3 is 14.6 Å². The molecule has 1 aromatic carbocycles. The van der Waals surface area contributed by atoms with Crippen molar-refractivity contribution in [3.8, 4) is 22.5 Å². The number of benzene rings is 1. The van der Waals surface area contributed by atoms with E-state index < -0.39 is 0 Å². The molecule has 5 heterocycles. The monoisotopic (exact) mass is 446 g/mol. The second-order valence-corrected chi connectivity index (χ2v) is 9.15. The molecule has 4 aromatic rings. The standard InChI is InChI=1S/C24H30N8O/c1-25-15-31-7-8-32-21(13-31)23(27-24(32)17-6-9-33-14-17)16-4-5-20-19(10-16)22(28-30(20)3)18-11-26-29(2)12-18/h4-5,10-12,17,25H,6-9,13-15H2,1-3H3. The molecular weight excluding hydrogens is 416 g/mol. The van der Waals surface area contributed by atoms with Crippen LogP contribution in [0.4, 0.5) is 0 Å². The summed E-state index contributed by atoms with van der Waals surface area (Å²) in [5.41, 5.74) is 6.60. The van der Waals surface area contributed by atoms with E-state index in [2.05, 4.69) is 38.1 Å². The summed E-state index contributed by atoms with van der Waals surface area (Å²) in [7, 11) is 5.93. The summed E-state index contributed by atoms with van der Waals surface area (Å²) in [6.07, 6.45) is 4.93. The molecule has 6 rings (SSSR count). The van der Waals surface area contributed by atoms with E-state index in [1.165, 1.54) is 11.5 Å². The fourth-order valence-electron chi connectivity index (χ4n) is 5.26. The maximum atomic E-state index is 5.71. The van der Waals surface area contributed by atoms with Crippen molar-refractivity contribution in [2.75, 3.05) is 33.5 Å². The van der Waals surface area contributed by atoms with Gasteiger partial charge in [0.15, 0.2) is 0 Å². The van der Waals surface area contributed by atoms with Crippen molar-refractivity contribution < 1.29 is 4.74 Å². The van der Waals surface area contributed by atoms with Crippen LogP contribution in [0.15, 0.2) is 30.6 Å². The van der Waals surface area contributed by atoms with Crippen LogP contribution in [0, 0.1) is 0 Å². The summed E-state index contributed by atoms with van der Waals surface area (Å²) in [4.78, 5) is 7.69. The highest BCUT2D eigenvalue weighted by Crippen LogP contribution is 2.36. The van der Waals surface area contributed by atoms with Gasteiger partial charge in [0.05, 0.1) is 29.7 Å². The van der Waals surface area contributed by atoms with Crippen LogP contribution in [0.25, 0.3) is 33.4 Å². The van der Waals surface area contributed by atoms with E-state index in [0.29, 0.717) is 5.92 Å². The van der Waals surface area contributed by atoms with Gasteiger partial charge in [0.2, 0.25) is 0 Å². The lowest BCUT2D eigenvalue weighted by Crippen LogP contribution is -2.39. The van der Waals surface area contributed by atoms with Gasteiger partial charge in [-0.3, -0.25) is 14.3 Å². The third-order valence-electron chi connectivity index (χ3n) is 6.89. The fraction of sp³-hybridized carbons (Fsp3) is 0.458. The Morgan fingerprint density at radius 3 is 2.82 bits per heavy atom. The maximum Gasteiger partial charge on any atom is 0.115 e. The second-order valence-electron chi connectivity index (χ2n) is 9.15. The number of imidazole rings is 1. The van der Waals surface area contributed by atoms with Gasteiger partial charge in [-0.15, -0.1) is 0 Å². The van der Waals surface area contributed by atoms with Crippen molar-refractivity contribution in [1.82, 2.24) is 39.3 Å². The summed E-state index contributed by atoms with van der Waals surface area (Å²) in [5, 5.41) is 13.6. The van der Waals surface area contributed by atoms with Crippen LogP contribution in [-0.2, 0) is 31.9 Å². The molecule has 33 heavy (non-hydrogen) atoms. The Kier molecular flexibility index (Phi) is 5.05. The van der Waals surface area contributed by atoms with E-state index >= 15 is 0 Å². The fourth-order valence-corrected chi connectivity index (χ4v) is 5.26. The molecule has 1 saturated heterocycles. The first-order valence-corrected chi connectivity index (χ1v) is 11.6. The van der Waals surface area contributed by atoms with Gasteiger partial charge in [-0.05, 0) is 25.6 Å². The van der Waals surface area contributed by atoms with Crippen LogP contribution >= 0.6 is 0 Å². The Morgan fingerprint density at radius 2 is 2.06 bits per heavy atom. The molecule has 0 amide bonds. The van der Waals surface area contributed by atoms with Crippen molar-refractivity contribution in [2.45, 2.75) is 25.4 Å². The lowest BCUT2D eigenvalue weighted by atomic mass is 10.0. The highest BCUT2D eigenvalue weighted by molar-refractivity contribution is 5.95. The first kappa shape index (κ1) is 20.6. The van der Waals surface area contributed by atoms with Crippen LogP contribution in [0.1, 0.15) is 23.9 Å². The molecule has 1 N–H and O–H groups in total. The van der Waals surface area contributed by atoms with Gasteiger partial charge >= 0.3 is 0 Å². The Morgan fingerprint density at radius 1 is 1.15 bits per heavy atom. The molecule has 1 fully saturated rings. The molecule has 2 aliphatic heterocycles. The zero-order chi connectivity index (χ0) is 22.5. The van der Waals surface area contributed by atoms with Crippen LogP contribution < -0.4 is 5.32 Å². The van der Waals surface area contributed by atoms with Gasteiger partial charge in [-0.25, -0.2) is 4.98 Å². The van der Waals surface area contributed by atoms with Gasteiger partial charge in [0, 0.05) is 75.6 Å². The van der Waals surface area contributed by atoms with E-state index in [1.54, 1.807) is 0 Å². The van der Waals surface area contributed by atoms with E-state index in [1.807, 2.05) is 42.9 Å². The number of ether oxygens (including phenoxy) is 1. The summed E-state index contributed by atoms with van der Waals surface area (Å²) in [6.45, 7) is 5.34. The van der Waals surface area contributed by atoms with E-state index in [4.69, 9.17) is 14.8 Å². The van der Waals surface area contributed by atoms with Gasteiger partial charge in [0.1, 0.15) is 11.5 Å². The number of hydrogen-bond acceptors (Lipinski definition) is 6. The normalized spacial score (nSPS) is 18.9. The smallest absolute Gasteiger partial charge is 0.115 e. The van der Waals surface area contributed by atoms with Gasteiger partial charge in [-0.1, -0.05) is 6.07 Å². The maximum absolute atomic E-state index is 5.71. The molecule has 1 atom stereocenters. The number of rotatable bonds is 5. The number of nitrogens with one attached hydrogen (secondary N) is 1. The molecule has 2 aliphatic rings. The SMILES string of the molecule is CNCN1CCn2c(C3CCOC3)nc(-c3ccc4c(c3)c(-c3cnn(C)c3)nn4C)c2C1. The minimum Gasteiger partial charge on any atom is -0.381 e. The predicted molar refractivity (Wildman–Crippen MR) is 127 cm³/mol. The molecule has 3 aromatic heterocycles. The number of nitrogens with zero attached hydrogens (tertiary/aromatic N) is 7. The molecule has 9 nitrogen and oxygen atoms in total. The average Bonchev–Trinajstić information content (AvgIpc) is 3.60. The van der Waals surface area contributed by atoms with Crippen LogP contribution in [-0.4, -0.2) is 67.5 Å². The molecule has 172 valence electrons. The summed E-state index contributed by atoms with van der Waals surface area (Å²) in [5.74, 6) is 1.56. The second kappa shape index (κ2) is 8.09. The zero-order valence-electron chi connectivity index (χ0n) is 19.5. The Balaban J connectivity index is 1.49. The van der Waals surface area contributed by atoms with E-state index in [0.717, 1.165) is 79.4 Å². The first-order chi connectivity index (χ1) is 16.1. The van der Waals surface area contributed by atoms with Crippen LogP contribution in [0.5, 0.6) is 0 Å². The molecule has 0 saturated carbocycles. The number of aryl methyl sites for hydroxylation is 2. The topological polar surface area (TPSA) is 78.0 Å². The van der Waals surface area contributed by atoms with Crippen molar-refractivity contribution in [3.05, 3.63) is 42.1 Å². The first-order valence-electron chi connectivity index (χ1n) is 11.6. The molecular formula is C24H30N8O. The highest BCUT2D eigenvalue weighted by Gasteiger charge is 2.30. The lowest BCUT2D eigenvalue weighted by Gasteiger charge is -2.29. The summed E-state index contributed by atoms with van der Waals surface area (Å²) >= 11 is 0. The Labute approximate surface area is 193 Å². The molecule has 0 bridgehead atoms. The van der Waals surface area contributed by atoms with Crippen molar-refractivity contribution in [1.29, 1.82) is 0 Å². The van der Waals surface area contributed by atoms with Crippen LogP contribution in [0.3, 0.4) is 0 Å². The largest absolute Gasteiger partial charge is 0.381 e. The Bertz CT molecular complexity index is 1310. The molecule has 0 spiro atoms. The van der Waals surface area contributed by atoms with Crippen molar-refractivity contribution in [3.63, 3.8) is 0 Å². The summed E-state index contributed by atoms with van der Waals surface area (Å²) < 4.78 is 11.9. The predicted octanol–water partition coefficient (Wildman–Crippen LogP) is 2.33. The minimum absolute atomic E-state index is 0.376. The third-order valence-corrected chi connectivity index (χ3v) is 6.89. The number of fused-ring (bicyclic) bond motifs is 2. The van der Waals surface area contributed by atoms with Gasteiger partial charge in [-0.2, -0.15) is 10.2 Å². The lowest BCUT2D eigenvalue weighted by molar-refractivity contribution is 0.189. The summed E-state index contributed by atoms with van der Waals surface area (Å²) in [6, 6.07) is 6.60. The number of aromatic nitrogens is 6. The van der Waals surface area contributed by atoms with Crippen LogP contribution in [0.2, 0.25) is 0 Å². The van der Waals surface area contributed by atoms with E-state index in [9.17, 15) is 0 Å². The quantitative estimate of drug-likeness (QED) is 0.507. The van der Waals surface area contributed by atoms with Crippen molar-refractivity contribution >= 4 is 10.9 Å². The number of hydrogen-bond donors (Lipinski definition) is 1. The highest BCUT2D eigenvalue weighted by atomic mass is 16.5. The Hall–Kier alpha value is -3.01. The molecule has 9 heteroatoms. The molecule has 1 unspecified atom stereocenters. The zero-order valence-corrected chi connectivity index (χ0v) is 19.5. The average molecular weight is 447 g/mol. The van der Waals surface area contributed by atoms with Gasteiger partial charge in [0.25, 0.3) is 0 Å². The van der Waals surface area contributed by atoms with Crippen molar-refractivity contribution in [2.24, 2.45) is 14.1 Å². The van der Waals surface area contributed by atoms with E-state index in [-0.39, 0.29) is 0 Å². The third kappa shape index (κ3) is 3.47. The molecule has 0 aliphatic carbocycles. The minimum atomic E-state index is 0.376.